The minimum absolute atomic E-state index is 0.0327. The molecule has 2 aliphatic heterocycles. The second-order valence-corrected chi connectivity index (χ2v) is 6.42. The largest absolute Gasteiger partial charge is 0.391 e. The molecule has 0 saturated carbocycles. The number of hydrazine groups is 1. The molecule has 3 rings (SSSR count). The third-order valence-corrected chi connectivity index (χ3v) is 4.98. The molecule has 5 nitrogen and oxygen atoms in total. The summed E-state index contributed by atoms with van der Waals surface area (Å²) in [5, 5.41) is 15.1. The number of aliphatic hydroxyl groups excluding tert-OH is 1. The third kappa shape index (κ3) is 3.28. The highest BCUT2D eigenvalue weighted by Gasteiger charge is 2.42. The fourth-order valence-electron chi connectivity index (χ4n) is 3.62. The van der Waals surface area contributed by atoms with Crippen LogP contribution >= 0.6 is 0 Å². The second-order valence-electron chi connectivity index (χ2n) is 6.42. The first-order chi connectivity index (χ1) is 11.1. The quantitative estimate of drug-likeness (QED) is 0.859. The van der Waals surface area contributed by atoms with Crippen LogP contribution in [0.25, 0.3) is 0 Å². The summed E-state index contributed by atoms with van der Waals surface area (Å²) in [4.78, 5) is 2.26. The van der Waals surface area contributed by atoms with Gasteiger partial charge in [0.2, 0.25) is 0 Å². The van der Waals surface area contributed by atoms with Crippen LogP contribution in [-0.4, -0.2) is 59.2 Å². The van der Waals surface area contributed by atoms with Crippen molar-refractivity contribution in [1.82, 2.24) is 14.9 Å². The topological polar surface area (TPSA) is 39.2 Å². The van der Waals surface area contributed by atoms with Crippen LogP contribution < -0.4 is 0 Å². The minimum atomic E-state index is -0.380. The zero-order chi connectivity index (χ0) is 16.4. The zero-order valence-electron chi connectivity index (χ0n) is 14.2. The summed E-state index contributed by atoms with van der Waals surface area (Å²) in [6, 6.07) is 10.2. The predicted molar refractivity (Wildman–Crippen MR) is 90.1 cm³/mol. The van der Waals surface area contributed by atoms with E-state index in [-0.39, 0.29) is 24.5 Å². The van der Waals surface area contributed by atoms with Gasteiger partial charge in [0.25, 0.3) is 0 Å². The minimum Gasteiger partial charge on any atom is -0.391 e. The van der Waals surface area contributed by atoms with E-state index in [4.69, 9.17) is 4.74 Å². The summed E-state index contributed by atoms with van der Waals surface area (Å²) in [6.45, 7) is 2.68. The summed E-state index contributed by atoms with van der Waals surface area (Å²) >= 11 is 0. The molecule has 2 aliphatic rings. The van der Waals surface area contributed by atoms with Crippen molar-refractivity contribution >= 4 is 0 Å². The molecule has 0 amide bonds. The molecule has 5 heteroatoms. The number of benzene rings is 1. The third-order valence-electron chi connectivity index (χ3n) is 4.98. The van der Waals surface area contributed by atoms with E-state index in [9.17, 15) is 5.11 Å². The Morgan fingerprint density at radius 3 is 2.61 bits per heavy atom. The average Bonchev–Trinajstić information content (AvgIpc) is 2.62. The predicted octanol–water partition coefficient (Wildman–Crippen LogP) is 2.18. The van der Waals surface area contributed by atoms with Crippen LogP contribution in [0.2, 0.25) is 0 Å². The lowest BCUT2D eigenvalue weighted by Gasteiger charge is -2.51. The summed E-state index contributed by atoms with van der Waals surface area (Å²) < 4.78 is 5.86. The Kier molecular flexibility index (Phi) is 5.02. The van der Waals surface area contributed by atoms with Crippen molar-refractivity contribution in [2.45, 2.75) is 44.3 Å². The van der Waals surface area contributed by atoms with E-state index in [0.717, 1.165) is 18.4 Å². The Morgan fingerprint density at radius 1 is 1.13 bits per heavy atom. The molecule has 126 valence electrons. The van der Waals surface area contributed by atoms with Crippen LogP contribution in [-0.2, 0) is 4.74 Å². The lowest BCUT2D eigenvalue weighted by Crippen LogP contribution is -2.60. The van der Waals surface area contributed by atoms with Gasteiger partial charge in [-0.15, -0.1) is 0 Å². The fraction of sp³-hybridized carbons (Fsp3) is 0.556. The molecule has 1 aromatic rings. The molecule has 0 bridgehead atoms. The van der Waals surface area contributed by atoms with E-state index in [1.54, 1.807) is 0 Å². The van der Waals surface area contributed by atoms with Crippen LogP contribution in [0.4, 0.5) is 0 Å². The first kappa shape index (κ1) is 16.5. The monoisotopic (exact) mass is 317 g/mol. The van der Waals surface area contributed by atoms with Crippen LogP contribution in [0.3, 0.4) is 0 Å². The van der Waals surface area contributed by atoms with Crippen molar-refractivity contribution in [3.63, 3.8) is 0 Å². The molecule has 2 heterocycles. The number of ether oxygens (including phenoxy) is 1. The lowest BCUT2D eigenvalue weighted by atomic mass is 9.91. The van der Waals surface area contributed by atoms with E-state index in [2.05, 4.69) is 41.0 Å². The summed E-state index contributed by atoms with van der Waals surface area (Å²) in [5.74, 6) is 0. The van der Waals surface area contributed by atoms with Crippen LogP contribution in [0.1, 0.15) is 31.4 Å². The van der Waals surface area contributed by atoms with Crippen molar-refractivity contribution in [2.24, 2.45) is 0 Å². The Labute approximate surface area is 138 Å². The van der Waals surface area contributed by atoms with Gasteiger partial charge in [0.1, 0.15) is 6.23 Å². The zero-order valence-corrected chi connectivity index (χ0v) is 14.2. The molecule has 0 radical (unpaired) electrons. The van der Waals surface area contributed by atoms with Crippen molar-refractivity contribution < 1.29 is 9.84 Å². The van der Waals surface area contributed by atoms with E-state index in [1.807, 2.05) is 37.5 Å². The van der Waals surface area contributed by atoms with Gasteiger partial charge < -0.3 is 14.9 Å². The van der Waals surface area contributed by atoms with E-state index in [0.29, 0.717) is 6.61 Å². The Hall–Kier alpha value is -1.40. The normalized spacial score (nSPS) is 35.0. The maximum Gasteiger partial charge on any atom is 0.109 e. The van der Waals surface area contributed by atoms with Gasteiger partial charge in [-0.05, 0) is 38.5 Å². The molecule has 4 atom stereocenters. The molecule has 1 aromatic carbocycles. The first-order valence-corrected chi connectivity index (χ1v) is 8.34. The van der Waals surface area contributed by atoms with Crippen molar-refractivity contribution in [2.75, 3.05) is 20.7 Å². The van der Waals surface area contributed by atoms with Crippen molar-refractivity contribution in [1.29, 1.82) is 0 Å². The Morgan fingerprint density at radius 2 is 1.87 bits per heavy atom. The van der Waals surface area contributed by atoms with E-state index in [1.165, 1.54) is 0 Å². The van der Waals surface area contributed by atoms with Gasteiger partial charge in [-0.3, -0.25) is 4.90 Å². The maximum atomic E-state index is 10.7. The second kappa shape index (κ2) is 7.01. The van der Waals surface area contributed by atoms with Gasteiger partial charge in [0.05, 0.1) is 24.9 Å². The molecule has 23 heavy (non-hydrogen) atoms. The van der Waals surface area contributed by atoms with Crippen LogP contribution in [0.15, 0.2) is 42.6 Å². The highest BCUT2D eigenvalue weighted by molar-refractivity contribution is 5.21. The highest BCUT2D eigenvalue weighted by atomic mass is 16.5. The smallest absolute Gasteiger partial charge is 0.109 e. The van der Waals surface area contributed by atoms with E-state index >= 15 is 0 Å². The first-order valence-electron chi connectivity index (χ1n) is 8.34. The number of piperidine rings is 1. The molecule has 0 aromatic heterocycles. The van der Waals surface area contributed by atoms with Gasteiger partial charge in [-0.25, -0.2) is 0 Å². The van der Waals surface area contributed by atoms with Gasteiger partial charge in [0.15, 0.2) is 0 Å². The van der Waals surface area contributed by atoms with Crippen LogP contribution in [0.5, 0.6) is 0 Å². The number of hydrogen-bond acceptors (Lipinski definition) is 5. The number of hydrogen-bond donors (Lipinski definition) is 1. The number of aliphatic hydroxyl groups is 1. The molecular weight excluding hydrogens is 290 g/mol. The SMILES string of the molecule is CC1OC/C=C\N(C)N2[C@H](c3ccccc3)[C@H](O)CC[C@H]2N1C. The van der Waals surface area contributed by atoms with Crippen LogP contribution in [0, 0.1) is 0 Å². The number of fused-ring (bicyclic) bond motifs is 1. The van der Waals surface area contributed by atoms with Gasteiger partial charge in [-0.2, -0.15) is 5.01 Å². The van der Waals surface area contributed by atoms with Gasteiger partial charge >= 0.3 is 0 Å². The molecule has 0 aliphatic carbocycles. The van der Waals surface area contributed by atoms with Crippen molar-refractivity contribution in [3.8, 4) is 0 Å². The fourth-order valence-corrected chi connectivity index (χ4v) is 3.62. The molecule has 1 N–H and O–H groups in total. The average molecular weight is 317 g/mol. The number of rotatable bonds is 1. The Bertz CT molecular complexity index is 536. The molecular formula is C18H27N3O2. The highest BCUT2D eigenvalue weighted by Crippen LogP contribution is 2.37. The molecule has 0 spiro atoms. The maximum absolute atomic E-state index is 10.7. The van der Waals surface area contributed by atoms with Gasteiger partial charge in [0, 0.05) is 13.2 Å². The van der Waals surface area contributed by atoms with Gasteiger partial charge in [-0.1, -0.05) is 30.3 Å². The standard InChI is InChI=1S/C18H27N3O2/c1-14-20(3)17-11-10-16(22)18(15-8-5-4-6-9-15)21(17)19(2)12-7-13-23-14/h4-9,12,14,16-18,22H,10-11,13H2,1-3H3/b12-7-/t14?,16-,17+,18-/m1/s1. The Balaban J connectivity index is 2.00. The molecule has 1 unspecified atom stereocenters. The molecule has 1 fully saturated rings. The summed E-state index contributed by atoms with van der Waals surface area (Å²) in [5.41, 5.74) is 1.14. The summed E-state index contributed by atoms with van der Waals surface area (Å²) in [6.07, 6.45) is 5.59. The molecule has 1 saturated heterocycles. The van der Waals surface area contributed by atoms with E-state index < -0.39 is 0 Å². The van der Waals surface area contributed by atoms with Crippen molar-refractivity contribution in [3.05, 3.63) is 48.2 Å². The lowest BCUT2D eigenvalue weighted by molar-refractivity contribution is -0.186. The summed E-state index contributed by atoms with van der Waals surface area (Å²) in [7, 11) is 4.14. The number of nitrogens with zero attached hydrogens (tertiary/aromatic N) is 3.